The second-order valence-electron chi connectivity index (χ2n) is 6.15. The Hall–Kier alpha value is -3.17. The van der Waals surface area contributed by atoms with E-state index in [0.29, 0.717) is 11.6 Å². The van der Waals surface area contributed by atoms with E-state index in [9.17, 15) is 8.42 Å². The van der Waals surface area contributed by atoms with E-state index < -0.39 is 10.0 Å². The van der Waals surface area contributed by atoms with Gasteiger partial charge in [-0.2, -0.15) is 4.98 Å². The van der Waals surface area contributed by atoms with Gasteiger partial charge in [-0.25, -0.2) is 13.1 Å². The predicted molar refractivity (Wildman–Crippen MR) is 108 cm³/mol. The van der Waals surface area contributed by atoms with Gasteiger partial charge in [0.2, 0.25) is 21.7 Å². The molecule has 0 saturated carbocycles. The SMILES string of the molecule is COc1ccc(OCc2noc(CNS(=O)(=O)/C=C/c3ccc(C)cc3)n2)cc1. The van der Waals surface area contributed by atoms with Crippen LogP contribution in [0, 0.1) is 6.92 Å². The maximum Gasteiger partial charge on any atom is 0.241 e. The lowest BCUT2D eigenvalue weighted by atomic mass is 10.2. The standard InChI is InChI=1S/C20H21N3O5S/c1-15-3-5-16(6-4-15)11-12-29(24,25)21-13-20-22-19(23-28-20)14-27-18-9-7-17(26-2)8-10-18/h3-12,21H,13-14H2,1-2H3/b12-11+. The van der Waals surface area contributed by atoms with E-state index in [4.69, 9.17) is 14.0 Å². The number of nitrogens with zero attached hydrogens (tertiary/aromatic N) is 2. The molecule has 0 amide bonds. The Kier molecular flexibility index (Phi) is 6.63. The van der Waals surface area contributed by atoms with Gasteiger partial charge in [-0.15, -0.1) is 0 Å². The van der Waals surface area contributed by atoms with Crippen molar-refractivity contribution in [2.24, 2.45) is 0 Å². The average molecular weight is 415 g/mol. The summed E-state index contributed by atoms with van der Waals surface area (Å²) in [6.45, 7) is 1.94. The Balaban J connectivity index is 1.50. The number of methoxy groups -OCH3 is 1. The fourth-order valence-corrected chi connectivity index (χ4v) is 3.05. The number of benzene rings is 2. The van der Waals surface area contributed by atoms with Crippen molar-refractivity contribution in [2.45, 2.75) is 20.1 Å². The molecule has 2 aromatic carbocycles. The molecule has 3 rings (SSSR count). The summed E-state index contributed by atoms with van der Waals surface area (Å²) in [5.41, 5.74) is 1.89. The van der Waals surface area contributed by atoms with Crippen molar-refractivity contribution in [3.05, 3.63) is 76.8 Å². The molecule has 0 atom stereocenters. The van der Waals surface area contributed by atoms with E-state index in [1.54, 1.807) is 31.4 Å². The molecule has 29 heavy (non-hydrogen) atoms. The summed E-state index contributed by atoms with van der Waals surface area (Å²) < 4.78 is 42.3. The Bertz CT molecular complexity index is 1060. The number of rotatable bonds is 9. The highest BCUT2D eigenvalue weighted by molar-refractivity contribution is 7.92. The fraction of sp³-hybridized carbons (Fsp3) is 0.200. The van der Waals surface area contributed by atoms with Gasteiger partial charge in [-0.05, 0) is 42.8 Å². The summed E-state index contributed by atoms with van der Waals surface area (Å²) in [5, 5.41) is 4.88. The molecular formula is C20H21N3O5S. The van der Waals surface area contributed by atoms with Crippen LogP contribution in [0.25, 0.3) is 6.08 Å². The quantitative estimate of drug-likeness (QED) is 0.573. The van der Waals surface area contributed by atoms with Crippen LogP contribution in [-0.2, 0) is 23.2 Å². The number of aryl methyl sites for hydroxylation is 1. The summed E-state index contributed by atoms with van der Waals surface area (Å²) in [4.78, 5) is 4.11. The third kappa shape index (κ3) is 6.44. The minimum atomic E-state index is -3.64. The molecule has 0 aliphatic rings. The molecule has 0 radical (unpaired) electrons. The van der Waals surface area contributed by atoms with Gasteiger partial charge in [0.25, 0.3) is 0 Å². The molecular weight excluding hydrogens is 394 g/mol. The fourth-order valence-electron chi connectivity index (χ4n) is 2.30. The molecule has 3 aromatic rings. The highest BCUT2D eigenvalue weighted by Gasteiger charge is 2.11. The predicted octanol–water partition coefficient (Wildman–Crippen LogP) is 3.06. The Labute approximate surface area is 169 Å². The first-order valence-corrected chi connectivity index (χ1v) is 10.3. The molecule has 0 fully saturated rings. The van der Waals surface area contributed by atoms with E-state index in [2.05, 4.69) is 14.9 Å². The van der Waals surface area contributed by atoms with E-state index in [1.165, 1.54) is 6.08 Å². The van der Waals surface area contributed by atoms with Crippen LogP contribution in [0.3, 0.4) is 0 Å². The minimum absolute atomic E-state index is 0.0932. The number of hydrogen-bond donors (Lipinski definition) is 1. The van der Waals surface area contributed by atoms with E-state index in [1.807, 2.05) is 31.2 Å². The van der Waals surface area contributed by atoms with Crippen molar-refractivity contribution in [3.8, 4) is 11.5 Å². The minimum Gasteiger partial charge on any atom is -0.497 e. The van der Waals surface area contributed by atoms with Crippen LogP contribution in [0.4, 0.5) is 0 Å². The molecule has 0 aliphatic heterocycles. The third-order valence-corrected chi connectivity index (χ3v) is 4.92. The summed E-state index contributed by atoms with van der Waals surface area (Å²) in [5.74, 6) is 1.80. The largest absolute Gasteiger partial charge is 0.497 e. The van der Waals surface area contributed by atoms with E-state index in [-0.39, 0.29) is 19.0 Å². The Morgan fingerprint density at radius 1 is 1.07 bits per heavy atom. The zero-order chi connectivity index (χ0) is 20.7. The molecule has 8 nitrogen and oxygen atoms in total. The Morgan fingerprint density at radius 3 is 2.45 bits per heavy atom. The van der Waals surface area contributed by atoms with Crippen molar-refractivity contribution < 1.29 is 22.4 Å². The van der Waals surface area contributed by atoms with Crippen molar-refractivity contribution in [2.75, 3.05) is 7.11 Å². The highest BCUT2D eigenvalue weighted by Crippen LogP contribution is 2.17. The van der Waals surface area contributed by atoms with Gasteiger partial charge in [0.1, 0.15) is 11.5 Å². The highest BCUT2D eigenvalue weighted by atomic mass is 32.2. The molecule has 152 valence electrons. The summed E-state index contributed by atoms with van der Waals surface area (Å²) >= 11 is 0. The molecule has 1 heterocycles. The van der Waals surface area contributed by atoms with Gasteiger partial charge < -0.3 is 14.0 Å². The lowest BCUT2D eigenvalue weighted by Gasteiger charge is -2.04. The van der Waals surface area contributed by atoms with Crippen molar-refractivity contribution in [1.29, 1.82) is 0 Å². The second-order valence-corrected chi connectivity index (χ2v) is 7.80. The normalized spacial score (nSPS) is 11.7. The van der Waals surface area contributed by atoms with Crippen LogP contribution in [0.15, 0.2) is 58.5 Å². The number of nitrogens with one attached hydrogen (secondary N) is 1. The number of sulfonamides is 1. The van der Waals surface area contributed by atoms with Crippen LogP contribution in [-0.4, -0.2) is 25.7 Å². The first-order valence-electron chi connectivity index (χ1n) is 8.76. The van der Waals surface area contributed by atoms with Gasteiger partial charge in [0.05, 0.1) is 13.7 Å². The summed E-state index contributed by atoms with van der Waals surface area (Å²) in [7, 11) is -2.06. The van der Waals surface area contributed by atoms with Crippen LogP contribution < -0.4 is 14.2 Å². The molecule has 1 aromatic heterocycles. The zero-order valence-electron chi connectivity index (χ0n) is 16.0. The topological polar surface area (TPSA) is 104 Å². The first kappa shape index (κ1) is 20.6. The van der Waals surface area contributed by atoms with Crippen molar-refractivity contribution in [1.82, 2.24) is 14.9 Å². The van der Waals surface area contributed by atoms with Gasteiger partial charge in [0, 0.05) is 5.41 Å². The van der Waals surface area contributed by atoms with E-state index >= 15 is 0 Å². The molecule has 9 heteroatoms. The molecule has 0 aliphatic carbocycles. The smallest absolute Gasteiger partial charge is 0.241 e. The van der Waals surface area contributed by atoms with Crippen molar-refractivity contribution in [3.63, 3.8) is 0 Å². The first-order chi connectivity index (χ1) is 13.9. The van der Waals surface area contributed by atoms with Crippen LogP contribution in [0.5, 0.6) is 11.5 Å². The lowest BCUT2D eigenvalue weighted by Crippen LogP contribution is -2.20. The number of ether oxygens (including phenoxy) is 2. The third-order valence-electron chi connectivity index (χ3n) is 3.88. The molecule has 1 N–H and O–H groups in total. The van der Waals surface area contributed by atoms with Crippen LogP contribution >= 0.6 is 0 Å². The summed E-state index contributed by atoms with van der Waals surface area (Å²) in [6.07, 6.45) is 1.52. The zero-order valence-corrected chi connectivity index (χ0v) is 16.8. The Morgan fingerprint density at radius 2 is 1.76 bits per heavy atom. The van der Waals surface area contributed by atoms with Gasteiger partial charge >= 0.3 is 0 Å². The molecule has 0 saturated heterocycles. The van der Waals surface area contributed by atoms with Gasteiger partial charge in [-0.1, -0.05) is 35.0 Å². The monoisotopic (exact) mass is 415 g/mol. The number of aromatic nitrogens is 2. The van der Waals surface area contributed by atoms with Crippen LogP contribution in [0.2, 0.25) is 0 Å². The lowest BCUT2D eigenvalue weighted by molar-refractivity contribution is 0.284. The van der Waals surface area contributed by atoms with Gasteiger partial charge in [-0.3, -0.25) is 0 Å². The molecule has 0 bridgehead atoms. The summed E-state index contributed by atoms with van der Waals surface area (Å²) in [6, 6.07) is 14.6. The van der Waals surface area contributed by atoms with Crippen molar-refractivity contribution >= 4 is 16.1 Å². The maximum absolute atomic E-state index is 12.1. The number of hydrogen-bond acceptors (Lipinski definition) is 7. The molecule has 0 spiro atoms. The average Bonchev–Trinajstić information content (AvgIpc) is 3.19. The van der Waals surface area contributed by atoms with E-state index in [0.717, 1.165) is 22.3 Å². The van der Waals surface area contributed by atoms with Gasteiger partial charge in [0.15, 0.2) is 6.61 Å². The molecule has 0 unspecified atom stereocenters. The van der Waals surface area contributed by atoms with Crippen LogP contribution in [0.1, 0.15) is 22.8 Å². The second kappa shape index (κ2) is 9.35. The maximum atomic E-state index is 12.1.